The van der Waals surface area contributed by atoms with Crippen LogP contribution in [0.2, 0.25) is 0 Å². The molecule has 92 valence electrons. The molecule has 1 amide bonds. The van der Waals surface area contributed by atoms with Gasteiger partial charge in [-0.1, -0.05) is 6.07 Å². The Hall–Kier alpha value is -2.43. The van der Waals surface area contributed by atoms with E-state index in [0.29, 0.717) is 5.69 Å². The molecule has 2 rings (SSSR count). The number of anilines is 1. The predicted molar refractivity (Wildman–Crippen MR) is 66.2 cm³/mol. The molecule has 0 atom stereocenters. The maximum absolute atomic E-state index is 13.1. The van der Waals surface area contributed by atoms with Gasteiger partial charge >= 0.3 is 0 Å². The van der Waals surface area contributed by atoms with E-state index in [4.69, 9.17) is 0 Å². The molecule has 0 aliphatic heterocycles. The summed E-state index contributed by atoms with van der Waals surface area (Å²) in [5.41, 5.74) is 0.333. The summed E-state index contributed by atoms with van der Waals surface area (Å²) in [6.07, 6.45) is 1.40. The fraction of sp³-hybridized carbons (Fsp3) is 0.0769. The number of hydrogen-bond acceptors (Lipinski definition) is 2. The van der Waals surface area contributed by atoms with Crippen molar-refractivity contribution in [1.82, 2.24) is 4.98 Å². The number of H-pyrrole nitrogens is 1. The highest BCUT2D eigenvalue weighted by Crippen LogP contribution is 2.15. The molecule has 5 heteroatoms. The van der Waals surface area contributed by atoms with Crippen molar-refractivity contribution < 1.29 is 9.18 Å². The lowest BCUT2D eigenvalue weighted by molar-refractivity contribution is 0.0993. The lowest BCUT2D eigenvalue weighted by Crippen LogP contribution is -2.27. The second-order valence-electron chi connectivity index (χ2n) is 3.79. The zero-order valence-electron chi connectivity index (χ0n) is 9.68. The summed E-state index contributed by atoms with van der Waals surface area (Å²) in [6, 6.07) is 8.40. The van der Waals surface area contributed by atoms with Gasteiger partial charge < -0.3 is 9.88 Å². The smallest absolute Gasteiger partial charge is 0.258 e. The number of rotatable bonds is 2. The summed E-state index contributed by atoms with van der Waals surface area (Å²) >= 11 is 0. The van der Waals surface area contributed by atoms with Crippen LogP contribution in [0.1, 0.15) is 10.4 Å². The predicted octanol–water partition coefficient (Wildman–Crippen LogP) is 1.79. The summed E-state index contributed by atoms with van der Waals surface area (Å²) in [5.74, 6) is -0.787. The number of carbonyl (C=O) groups is 1. The van der Waals surface area contributed by atoms with Crippen LogP contribution in [0.3, 0.4) is 0 Å². The van der Waals surface area contributed by atoms with Crippen molar-refractivity contribution in [3.05, 3.63) is 64.3 Å². The maximum atomic E-state index is 13.1. The third-order valence-electron chi connectivity index (χ3n) is 2.52. The van der Waals surface area contributed by atoms with E-state index in [0.717, 1.165) is 0 Å². The van der Waals surface area contributed by atoms with Crippen LogP contribution in [0.25, 0.3) is 0 Å². The van der Waals surface area contributed by atoms with Crippen molar-refractivity contribution in [1.29, 1.82) is 0 Å². The van der Waals surface area contributed by atoms with Gasteiger partial charge in [0.15, 0.2) is 0 Å². The maximum Gasteiger partial charge on any atom is 0.258 e. The number of nitrogens with one attached hydrogen (secondary N) is 1. The van der Waals surface area contributed by atoms with E-state index in [-0.39, 0.29) is 17.0 Å². The van der Waals surface area contributed by atoms with Gasteiger partial charge in [-0.2, -0.15) is 0 Å². The Morgan fingerprint density at radius 3 is 2.72 bits per heavy atom. The number of benzene rings is 1. The number of pyridine rings is 1. The van der Waals surface area contributed by atoms with Gasteiger partial charge in [-0.15, -0.1) is 0 Å². The zero-order valence-corrected chi connectivity index (χ0v) is 9.68. The molecule has 1 N–H and O–H groups in total. The van der Waals surface area contributed by atoms with Crippen LogP contribution in [0.4, 0.5) is 10.1 Å². The van der Waals surface area contributed by atoms with Crippen molar-refractivity contribution >= 4 is 11.6 Å². The second kappa shape index (κ2) is 4.83. The number of hydrogen-bond donors (Lipinski definition) is 1. The molecule has 0 fully saturated rings. The van der Waals surface area contributed by atoms with Crippen LogP contribution >= 0.6 is 0 Å². The van der Waals surface area contributed by atoms with E-state index in [1.165, 1.54) is 48.5 Å². The van der Waals surface area contributed by atoms with Crippen molar-refractivity contribution in [2.75, 3.05) is 11.9 Å². The highest BCUT2D eigenvalue weighted by Gasteiger charge is 2.13. The molecule has 18 heavy (non-hydrogen) atoms. The molecule has 0 saturated carbocycles. The Morgan fingerprint density at radius 1 is 1.28 bits per heavy atom. The molecule has 0 unspecified atom stereocenters. The van der Waals surface area contributed by atoms with Crippen LogP contribution in [0, 0.1) is 5.82 Å². The molecule has 0 aliphatic carbocycles. The molecule has 0 saturated heterocycles. The number of aromatic amines is 1. The number of carbonyl (C=O) groups excluding carboxylic acids is 1. The lowest BCUT2D eigenvalue weighted by atomic mass is 10.2. The highest BCUT2D eigenvalue weighted by atomic mass is 19.1. The van der Waals surface area contributed by atoms with E-state index in [9.17, 15) is 14.0 Å². The number of amides is 1. The topological polar surface area (TPSA) is 53.2 Å². The Balaban J connectivity index is 2.32. The fourth-order valence-corrected chi connectivity index (χ4v) is 1.57. The molecule has 2 aromatic rings. The Bertz CT molecular complexity index is 637. The molecule has 1 aromatic heterocycles. The van der Waals surface area contributed by atoms with Crippen molar-refractivity contribution in [2.24, 2.45) is 0 Å². The summed E-state index contributed by atoms with van der Waals surface area (Å²) in [5, 5.41) is 0. The fourth-order valence-electron chi connectivity index (χ4n) is 1.57. The van der Waals surface area contributed by atoms with Gasteiger partial charge in [0, 0.05) is 30.6 Å². The van der Waals surface area contributed by atoms with E-state index < -0.39 is 5.82 Å². The first-order valence-electron chi connectivity index (χ1n) is 5.30. The Labute approximate surface area is 103 Å². The normalized spacial score (nSPS) is 10.1. The number of nitrogens with zero attached hydrogens (tertiary/aromatic N) is 1. The zero-order chi connectivity index (χ0) is 13.1. The van der Waals surface area contributed by atoms with Gasteiger partial charge in [0.25, 0.3) is 5.91 Å². The molecule has 1 aromatic carbocycles. The SMILES string of the molecule is CN(C(=O)c1cc[nH]c(=O)c1)c1cccc(F)c1. The van der Waals surface area contributed by atoms with Crippen molar-refractivity contribution in [2.45, 2.75) is 0 Å². The first kappa shape index (κ1) is 12.0. The summed E-state index contributed by atoms with van der Waals surface area (Å²) in [4.78, 5) is 26.9. The van der Waals surface area contributed by atoms with Crippen LogP contribution in [-0.4, -0.2) is 17.9 Å². The van der Waals surface area contributed by atoms with Gasteiger partial charge in [-0.25, -0.2) is 4.39 Å². The average molecular weight is 246 g/mol. The summed E-state index contributed by atoms with van der Waals surface area (Å²) < 4.78 is 13.1. The van der Waals surface area contributed by atoms with Gasteiger partial charge in [0.1, 0.15) is 5.82 Å². The summed E-state index contributed by atoms with van der Waals surface area (Å²) in [6.45, 7) is 0. The first-order chi connectivity index (χ1) is 8.58. The van der Waals surface area contributed by atoms with Crippen LogP contribution in [-0.2, 0) is 0 Å². The van der Waals surface area contributed by atoms with Crippen LogP contribution in [0.5, 0.6) is 0 Å². The number of aromatic nitrogens is 1. The minimum atomic E-state index is -0.418. The van der Waals surface area contributed by atoms with Gasteiger partial charge in [-0.3, -0.25) is 9.59 Å². The largest absolute Gasteiger partial charge is 0.329 e. The quantitative estimate of drug-likeness (QED) is 0.878. The molecule has 0 aliphatic rings. The highest BCUT2D eigenvalue weighted by molar-refractivity contribution is 6.05. The monoisotopic (exact) mass is 246 g/mol. The Kier molecular flexibility index (Phi) is 3.23. The minimum absolute atomic E-state index is 0.255. The standard InChI is InChI=1S/C13H11FN2O2/c1-16(11-4-2-3-10(14)8-11)13(18)9-5-6-15-12(17)7-9/h2-8H,1H3,(H,15,17). The molecule has 4 nitrogen and oxygen atoms in total. The summed E-state index contributed by atoms with van der Waals surface area (Å²) in [7, 11) is 1.53. The first-order valence-corrected chi connectivity index (χ1v) is 5.30. The molecule has 0 spiro atoms. The van der Waals surface area contributed by atoms with E-state index in [1.807, 2.05) is 0 Å². The van der Waals surface area contributed by atoms with E-state index in [1.54, 1.807) is 6.07 Å². The van der Waals surface area contributed by atoms with Crippen LogP contribution < -0.4 is 10.5 Å². The lowest BCUT2D eigenvalue weighted by Gasteiger charge is -2.17. The van der Waals surface area contributed by atoms with Gasteiger partial charge in [0.05, 0.1) is 0 Å². The second-order valence-corrected chi connectivity index (χ2v) is 3.79. The van der Waals surface area contributed by atoms with Crippen molar-refractivity contribution in [3.63, 3.8) is 0 Å². The Morgan fingerprint density at radius 2 is 2.06 bits per heavy atom. The van der Waals surface area contributed by atoms with Gasteiger partial charge in [0.2, 0.25) is 5.56 Å². The van der Waals surface area contributed by atoms with E-state index in [2.05, 4.69) is 4.98 Å². The average Bonchev–Trinajstić information content (AvgIpc) is 2.37. The third-order valence-corrected chi connectivity index (χ3v) is 2.52. The van der Waals surface area contributed by atoms with Crippen molar-refractivity contribution in [3.8, 4) is 0 Å². The van der Waals surface area contributed by atoms with Gasteiger partial charge in [-0.05, 0) is 24.3 Å². The molecule has 0 radical (unpaired) electrons. The third kappa shape index (κ3) is 2.45. The molecule has 1 heterocycles. The molecular formula is C13H11FN2O2. The van der Waals surface area contributed by atoms with Crippen LogP contribution in [0.15, 0.2) is 47.4 Å². The number of halogens is 1. The molecular weight excluding hydrogens is 235 g/mol. The molecule has 0 bridgehead atoms. The van der Waals surface area contributed by atoms with E-state index >= 15 is 0 Å². The minimum Gasteiger partial charge on any atom is -0.329 e.